The van der Waals surface area contributed by atoms with Crippen molar-refractivity contribution in [3.63, 3.8) is 0 Å². The molecule has 0 amide bonds. The lowest BCUT2D eigenvalue weighted by Gasteiger charge is -2.14. The predicted molar refractivity (Wildman–Crippen MR) is 102 cm³/mol. The third kappa shape index (κ3) is 3.66. The van der Waals surface area contributed by atoms with Crippen molar-refractivity contribution in [3.05, 3.63) is 79.3 Å². The average molecular weight is 439 g/mol. The highest BCUT2D eigenvalue weighted by Crippen LogP contribution is 2.22. The summed E-state index contributed by atoms with van der Waals surface area (Å²) in [5.41, 5.74) is 0.833. The van der Waals surface area contributed by atoms with E-state index in [0.717, 1.165) is 4.47 Å². The van der Waals surface area contributed by atoms with Gasteiger partial charge in [-0.05, 0) is 42.8 Å². The number of ether oxygens (including phenoxy) is 1. The number of rotatable bonds is 4. The van der Waals surface area contributed by atoms with Gasteiger partial charge in [-0.2, -0.15) is 0 Å². The van der Waals surface area contributed by atoms with Gasteiger partial charge in [-0.15, -0.1) is 0 Å². The van der Waals surface area contributed by atoms with Crippen LogP contribution in [-0.4, -0.2) is 17.1 Å². The van der Waals surface area contributed by atoms with Crippen LogP contribution in [0, 0.1) is 5.82 Å². The van der Waals surface area contributed by atoms with E-state index in [1.165, 1.54) is 18.3 Å². The molecule has 2 aromatic carbocycles. The molecule has 0 unspecified atom stereocenters. The molecule has 3 rings (SSSR count). The van der Waals surface area contributed by atoms with Crippen molar-refractivity contribution in [3.8, 4) is 0 Å². The van der Waals surface area contributed by atoms with Crippen molar-refractivity contribution in [1.29, 1.82) is 0 Å². The van der Waals surface area contributed by atoms with Gasteiger partial charge in [-0.3, -0.25) is 4.79 Å². The number of halogens is 3. The summed E-state index contributed by atoms with van der Waals surface area (Å²) in [5.74, 6) is -1.11. The first kappa shape index (κ1) is 18.6. The zero-order chi connectivity index (χ0) is 18.8. The number of hydrogen-bond donors (Lipinski definition) is 0. The Bertz CT molecular complexity index is 1060. The van der Waals surface area contributed by atoms with Gasteiger partial charge in [0.05, 0.1) is 12.1 Å². The van der Waals surface area contributed by atoms with Gasteiger partial charge in [0.25, 0.3) is 0 Å². The Morgan fingerprint density at radius 1 is 1.27 bits per heavy atom. The fraction of sp³-hybridized carbons (Fsp3) is 0.158. The minimum absolute atomic E-state index is 0.0596. The highest BCUT2D eigenvalue weighted by Gasteiger charge is 2.17. The summed E-state index contributed by atoms with van der Waals surface area (Å²) in [4.78, 5) is 24.9. The molecule has 0 spiro atoms. The highest BCUT2D eigenvalue weighted by molar-refractivity contribution is 9.10. The first-order chi connectivity index (χ1) is 12.4. The summed E-state index contributed by atoms with van der Waals surface area (Å²) in [6.45, 7) is 2.11. The van der Waals surface area contributed by atoms with Gasteiger partial charge in [0.2, 0.25) is 5.43 Å². The van der Waals surface area contributed by atoms with Gasteiger partial charge in [0, 0.05) is 27.6 Å². The van der Waals surface area contributed by atoms with E-state index < -0.39 is 17.2 Å². The van der Waals surface area contributed by atoms with Crippen molar-refractivity contribution in [2.75, 3.05) is 6.61 Å². The van der Waals surface area contributed by atoms with Crippen LogP contribution in [0.25, 0.3) is 10.9 Å². The minimum atomic E-state index is -0.682. The van der Waals surface area contributed by atoms with Crippen LogP contribution in [0.2, 0.25) is 5.02 Å². The van der Waals surface area contributed by atoms with Gasteiger partial charge >= 0.3 is 5.97 Å². The molecule has 1 heterocycles. The Labute approximate surface area is 162 Å². The standard InChI is InChI=1S/C19H14BrClFNO3/c1-2-26-19(25)15-10-23(9-11-3-5-13(22)8-16(11)21)17-6-4-12(20)7-14(17)18(15)24/h3-8,10H,2,9H2,1H3. The molecule has 26 heavy (non-hydrogen) atoms. The van der Waals surface area contributed by atoms with E-state index in [1.807, 2.05) is 0 Å². The third-order valence-electron chi connectivity index (χ3n) is 3.89. The number of esters is 1. The van der Waals surface area contributed by atoms with Crippen LogP contribution in [0.4, 0.5) is 4.39 Å². The van der Waals surface area contributed by atoms with Crippen LogP contribution in [0.15, 0.2) is 51.9 Å². The quantitative estimate of drug-likeness (QED) is 0.551. The van der Waals surface area contributed by atoms with Crippen molar-refractivity contribution in [2.24, 2.45) is 0 Å². The number of aromatic nitrogens is 1. The number of fused-ring (bicyclic) bond motifs is 1. The smallest absolute Gasteiger partial charge is 0.343 e. The molecule has 134 valence electrons. The molecule has 0 atom stereocenters. The summed E-state index contributed by atoms with van der Waals surface area (Å²) in [7, 11) is 0. The monoisotopic (exact) mass is 437 g/mol. The normalized spacial score (nSPS) is 10.9. The van der Waals surface area contributed by atoms with Crippen molar-refractivity contribution < 1.29 is 13.9 Å². The SMILES string of the molecule is CCOC(=O)c1cn(Cc2ccc(F)cc2Cl)c2ccc(Br)cc2c1=O. The number of nitrogens with zero attached hydrogens (tertiary/aromatic N) is 1. The van der Waals surface area contributed by atoms with E-state index in [-0.39, 0.29) is 23.7 Å². The lowest BCUT2D eigenvalue weighted by atomic mass is 10.1. The third-order valence-corrected chi connectivity index (χ3v) is 4.74. The summed E-state index contributed by atoms with van der Waals surface area (Å²) in [5, 5.41) is 0.648. The molecule has 0 bridgehead atoms. The Morgan fingerprint density at radius 2 is 2.04 bits per heavy atom. The van der Waals surface area contributed by atoms with Crippen LogP contribution in [0.3, 0.4) is 0 Å². The van der Waals surface area contributed by atoms with Crippen LogP contribution in [-0.2, 0) is 11.3 Å². The summed E-state index contributed by atoms with van der Waals surface area (Å²) < 4.78 is 20.7. The Kier molecular flexibility index (Phi) is 5.44. The number of carbonyl (C=O) groups excluding carboxylic acids is 1. The maximum Gasteiger partial charge on any atom is 0.343 e. The van der Waals surface area contributed by atoms with Crippen molar-refractivity contribution in [2.45, 2.75) is 13.5 Å². The van der Waals surface area contributed by atoms with Gasteiger partial charge in [-0.1, -0.05) is 33.6 Å². The second kappa shape index (κ2) is 7.60. The molecule has 0 aliphatic rings. The van der Waals surface area contributed by atoms with Gasteiger partial charge in [-0.25, -0.2) is 9.18 Å². The molecule has 0 aliphatic carbocycles. The molecule has 4 nitrogen and oxygen atoms in total. The fourth-order valence-corrected chi connectivity index (χ4v) is 3.28. The fourth-order valence-electron chi connectivity index (χ4n) is 2.69. The molecular formula is C19H14BrClFNO3. The molecule has 1 aromatic heterocycles. The van der Waals surface area contributed by atoms with E-state index in [0.29, 0.717) is 16.5 Å². The molecule has 0 fully saturated rings. The maximum absolute atomic E-state index is 13.3. The van der Waals surface area contributed by atoms with Gasteiger partial charge in [0.1, 0.15) is 11.4 Å². The molecule has 0 saturated carbocycles. The van der Waals surface area contributed by atoms with Crippen LogP contribution >= 0.6 is 27.5 Å². The summed E-state index contributed by atoms with van der Waals surface area (Å²) in [6.07, 6.45) is 1.45. The topological polar surface area (TPSA) is 48.3 Å². The molecule has 0 radical (unpaired) electrons. The molecule has 7 heteroatoms. The molecule has 0 aliphatic heterocycles. The largest absolute Gasteiger partial charge is 0.462 e. The van der Waals surface area contributed by atoms with E-state index in [1.54, 1.807) is 35.8 Å². The van der Waals surface area contributed by atoms with Crippen molar-refractivity contribution in [1.82, 2.24) is 4.57 Å². The summed E-state index contributed by atoms with van der Waals surface area (Å²) >= 11 is 9.47. The summed E-state index contributed by atoms with van der Waals surface area (Å²) in [6, 6.07) is 9.34. The number of pyridine rings is 1. The van der Waals surface area contributed by atoms with Gasteiger partial charge in [0.15, 0.2) is 0 Å². The number of benzene rings is 2. The molecule has 0 N–H and O–H groups in total. The maximum atomic E-state index is 13.3. The number of hydrogen-bond acceptors (Lipinski definition) is 3. The first-order valence-corrected chi connectivity index (χ1v) is 9.01. The second-order valence-electron chi connectivity index (χ2n) is 5.62. The van der Waals surface area contributed by atoms with Crippen molar-refractivity contribution >= 4 is 44.4 Å². The Balaban J connectivity index is 2.21. The second-order valence-corrected chi connectivity index (χ2v) is 6.94. The van der Waals surface area contributed by atoms with E-state index in [2.05, 4.69) is 15.9 Å². The lowest BCUT2D eigenvalue weighted by Crippen LogP contribution is -2.21. The highest BCUT2D eigenvalue weighted by atomic mass is 79.9. The van der Waals surface area contributed by atoms with E-state index in [4.69, 9.17) is 16.3 Å². The minimum Gasteiger partial charge on any atom is -0.462 e. The zero-order valence-corrected chi connectivity index (χ0v) is 16.1. The number of carbonyl (C=O) groups is 1. The molecule has 0 saturated heterocycles. The van der Waals surface area contributed by atoms with Gasteiger partial charge < -0.3 is 9.30 Å². The average Bonchev–Trinajstić information content (AvgIpc) is 2.59. The first-order valence-electron chi connectivity index (χ1n) is 7.84. The Morgan fingerprint density at radius 3 is 2.73 bits per heavy atom. The molecular weight excluding hydrogens is 425 g/mol. The predicted octanol–water partition coefficient (Wildman–Crippen LogP) is 4.78. The van der Waals surface area contributed by atoms with E-state index in [9.17, 15) is 14.0 Å². The van der Waals surface area contributed by atoms with Crippen LogP contribution in [0.1, 0.15) is 22.8 Å². The zero-order valence-electron chi connectivity index (χ0n) is 13.8. The Hall–Kier alpha value is -2.18. The van der Waals surface area contributed by atoms with E-state index >= 15 is 0 Å². The van der Waals surface area contributed by atoms with Crippen LogP contribution in [0.5, 0.6) is 0 Å². The molecule has 3 aromatic rings. The van der Waals surface area contributed by atoms with Crippen LogP contribution < -0.4 is 5.43 Å². The lowest BCUT2D eigenvalue weighted by molar-refractivity contribution is 0.0524.